The van der Waals surface area contributed by atoms with Gasteiger partial charge in [0.15, 0.2) is 0 Å². The van der Waals surface area contributed by atoms with Crippen LogP contribution in [0.4, 0.5) is 0 Å². The SMILES string of the molecule is CCO[C@@H]1C[C@@H](c2cccnc2)C(P(=O)(OCC)OCC)=C(SCC)S1. The molecule has 0 aliphatic carbocycles. The lowest BCUT2D eigenvalue weighted by atomic mass is 9.97. The van der Waals surface area contributed by atoms with Crippen LogP contribution in [-0.2, 0) is 18.3 Å². The number of nitrogens with zero attached hydrogens (tertiary/aromatic N) is 1. The fourth-order valence-corrected chi connectivity index (χ4v) is 8.31. The Morgan fingerprint density at radius 2 is 1.96 bits per heavy atom. The van der Waals surface area contributed by atoms with Crippen LogP contribution in [-0.4, -0.2) is 36.0 Å². The van der Waals surface area contributed by atoms with Crippen molar-refractivity contribution < 1.29 is 18.3 Å². The molecule has 0 amide bonds. The smallest absolute Gasteiger partial charge is 0.359 e. The Morgan fingerprint density at radius 3 is 2.50 bits per heavy atom. The van der Waals surface area contributed by atoms with Gasteiger partial charge in [0.25, 0.3) is 0 Å². The number of hydrogen-bond donors (Lipinski definition) is 0. The summed E-state index contributed by atoms with van der Waals surface area (Å²) in [6, 6.07) is 3.93. The predicted molar refractivity (Wildman–Crippen MR) is 111 cm³/mol. The Hall–Kier alpha value is -0.300. The molecule has 0 radical (unpaired) electrons. The van der Waals surface area contributed by atoms with Crippen molar-refractivity contribution in [1.82, 2.24) is 4.98 Å². The molecule has 0 bridgehead atoms. The summed E-state index contributed by atoms with van der Waals surface area (Å²) in [6.45, 7) is 9.09. The van der Waals surface area contributed by atoms with Gasteiger partial charge in [-0.3, -0.25) is 9.55 Å². The Kier molecular flexibility index (Phi) is 9.21. The molecule has 0 saturated carbocycles. The first-order valence-electron chi connectivity index (χ1n) is 9.04. The number of allylic oxidation sites excluding steroid dienone is 1. The van der Waals surface area contributed by atoms with Gasteiger partial charge < -0.3 is 13.8 Å². The van der Waals surface area contributed by atoms with Crippen LogP contribution in [0.5, 0.6) is 0 Å². The highest BCUT2D eigenvalue weighted by Crippen LogP contribution is 2.67. The molecule has 0 unspecified atom stereocenters. The van der Waals surface area contributed by atoms with Gasteiger partial charge in [-0.15, -0.1) is 11.8 Å². The van der Waals surface area contributed by atoms with E-state index in [1.807, 2.05) is 39.1 Å². The summed E-state index contributed by atoms with van der Waals surface area (Å²) < 4.78 is 32.1. The number of hydrogen-bond acceptors (Lipinski definition) is 7. The van der Waals surface area contributed by atoms with Gasteiger partial charge in [0.05, 0.1) is 22.8 Å². The maximum atomic E-state index is 13.7. The van der Waals surface area contributed by atoms with Crippen LogP contribution in [0.2, 0.25) is 0 Å². The van der Waals surface area contributed by atoms with Crippen molar-refractivity contribution in [3.63, 3.8) is 0 Å². The Balaban J connectivity index is 2.58. The van der Waals surface area contributed by atoms with E-state index in [2.05, 4.69) is 11.9 Å². The van der Waals surface area contributed by atoms with Gasteiger partial charge in [-0.05, 0) is 44.6 Å². The summed E-state index contributed by atoms with van der Waals surface area (Å²) in [7, 11) is -3.39. The molecule has 2 atom stereocenters. The molecule has 146 valence electrons. The second-order valence-electron chi connectivity index (χ2n) is 5.52. The minimum atomic E-state index is -3.39. The zero-order valence-corrected chi connectivity index (χ0v) is 18.4. The van der Waals surface area contributed by atoms with Crippen molar-refractivity contribution in [2.75, 3.05) is 25.6 Å². The lowest BCUT2D eigenvalue weighted by molar-refractivity contribution is 0.115. The third-order valence-electron chi connectivity index (χ3n) is 3.81. The molecule has 2 heterocycles. The van der Waals surface area contributed by atoms with Crippen molar-refractivity contribution in [2.24, 2.45) is 0 Å². The Morgan fingerprint density at radius 1 is 1.23 bits per heavy atom. The Labute approximate surface area is 165 Å². The highest BCUT2D eigenvalue weighted by Gasteiger charge is 2.43. The number of thioether (sulfide) groups is 2. The first-order valence-corrected chi connectivity index (χ1v) is 12.4. The van der Waals surface area contributed by atoms with Gasteiger partial charge in [0.2, 0.25) is 0 Å². The number of aromatic nitrogens is 1. The van der Waals surface area contributed by atoms with Crippen LogP contribution in [0.25, 0.3) is 0 Å². The summed E-state index contributed by atoms with van der Waals surface area (Å²) in [4.78, 5) is 4.26. The third kappa shape index (κ3) is 5.37. The van der Waals surface area contributed by atoms with Gasteiger partial charge in [-0.25, -0.2) is 0 Å². The third-order valence-corrected chi connectivity index (χ3v) is 8.88. The van der Waals surface area contributed by atoms with E-state index in [-0.39, 0.29) is 11.4 Å². The maximum Gasteiger partial charge on any atom is 0.359 e. The molecular weight excluding hydrogens is 389 g/mol. The second kappa shape index (κ2) is 10.9. The van der Waals surface area contributed by atoms with Crippen LogP contribution in [0.3, 0.4) is 0 Å². The zero-order chi connectivity index (χ0) is 19.0. The highest BCUT2D eigenvalue weighted by atomic mass is 32.2. The molecular formula is C18H28NO4PS2. The normalized spacial score (nSPS) is 21.2. The van der Waals surface area contributed by atoms with E-state index >= 15 is 0 Å². The number of ether oxygens (including phenoxy) is 1. The summed E-state index contributed by atoms with van der Waals surface area (Å²) in [5.41, 5.74) is 1.03. The van der Waals surface area contributed by atoms with E-state index in [1.165, 1.54) is 0 Å². The van der Waals surface area contributed by atoms with Crippen LogP contribution < -0.4 is 0 Å². The van der Waals surface area contributed by atoms with E-state index in [9.17, 15) is 4.57 Å². The van der Waals surface area contributed by atoms with E-state index in [4.69, 9.17) is 13.8 Å². The van der Waals surface area contributed by atoms with Gasteiger partial charge >= 0.3 is 7.60 Å². The number of pyridine rings is 1. The zero-order valence-electron chi connectivity index (χ0n) is 15.8. The molecule has 1 aliphatic rings. The van der Waals surface area contributed by atoms with E-state index in [0.29, 0.717) is 19.8 Å². The molecule has 0 fully saturated rings. The molecule has 5 nitrogen and oxygen atoms in total. The standard InChI is InChI=1S/C18H28NO4PS2/c1-5-21-16-12-15(14-10-9-11-19-13-14)17(18(26-16)25-8-4)24(20,22-6-2)23-7-3/h9-11,13,15-16H,5-8,12H2,1-4H3/t15-,16-/m0/s1. The Bertz CT molecular complexity index is 631. The molecule has 8 heteroatoms. The molecule has 2 rings (SSSR count). The minimum absolute atomic E-state index is 0.0136. The van der Waals surface area contributed by atoms with Crippen molar-refractivity contribution in [1.29, 1.82) is 0 Å². The first-order chi connectivity index (χ1) is 12.6. The van der Waals surface area contributed by atoms with E-state index < -0.39 is 7.60 Å². The van der Waals surface area contributed by atoms with Crippen molar-refractivity contribution in [2.45, 2.75) is 45.5 Å². The topological polar surface area (TPSA) is 57.7 Å². The monoisotopic (exact) mass is 417 g/mol. The summed E-state index contributed by atoms with van der Waals surface area (Å²) in [5, 5.41) is 0.766. The first kappa shape index (κ1) is 22.0. The molecule has 1 aromatic rings. The minimum Gasteiger partial charge on any atom is -0.367 e. The summed E-state index contributed by atoms with van der Waals surface area (Å²) >= 11 is 3.31. The van der Waals surface area contributed by atoms with Crippen molar-refractivity contribution in [3.05, 3.63) is 39.6 Å². The highest BCUT2D eigenvalue weighted by molar-refractivity contribution is 8.22. The fourth-order valence-electron chi connectivity index (χ4n) is 2.90. The lowest BCUT2D eigenvalue weighted by Gasteiger charge is -2.35. The van der Waals surface area contributed by atoms with E-state index in [1.54, 1.807) is 29.7 Å². The average Bonchev–Trinajstić information content (AvgIpc) is 2.63. The molecule has 1 aliphatic heterocycles. The second-order valence-corrected chi connectivity index (χ2v) is 10.2. The van der Waals surface area contributed by atoms with Crippen LogP contribution in [0.15, 0.2) is 34.1 Å². The van der Waals surface area contributed by atoms with Crippen molar-refractivity contribution in [3.8, 4) is 0 Å². The largest absolute Gasteiger partial charge is 0.367 e. The molecule has 0 N–H and O–H groups in total. The average molecular weight is 418 g/mol. The van der Waals surface area contributed by atoms with Crippen LogP contribution in [0, 0.1) is 0 Å². The van der Waals surface area contributed by atoms with Gasteiger partial charge in [-0.1, -0.05) is 24.8 Å². The molecule has 0 aromatic carbocycles. The summed E-state index contributed by atoms with van der Waals surface area (Å²) in [5.74, 6) is 0.780. The lowest BCUT2D eigenvalue weighted by Crippen LogP contribution is -2.21. The molecule has 0 saturated heterocycles. The van der Waals surface area contributed by atoms with Gasteiger partial charge in [-0.2, -0.15) is 0 Å². The van der Waals surface area contributed by atoms with E-state index in [0.717, 1.165) is 27.3 Å². The van der Waals surface area contributed by atoms with Gasteiger partial charge in [0.1, 0.15) is 5.44 Å². The van der Waals surface area contributed by atoms with Crippen LogP contribution >= 0.6 is 31.1 Å². The molecule has 0 spiro atoms. The number of rotatable bonds is 10. The van der Waals surface area contributed by atoms with Crippen LogP contribution in [0.1, 0.15) is 45.6 Å². The molecule has 26 heavy (non-hydrogen) atoms. The van der Waals surface area contributed by atoms with Crippen molar-refractivity contribution >= 4 is 31.1 Å². The quantitative estimate of drug-likeness (QED) is 0.442. The summed E-state index contributed by atoms with van der Waals surface area (Å²) in [6.07, 6.45) is 4.30. The fraction of sp³-hybridized carbons (Fsp3) is 0.611. The van der Waals surface area contributed by atoms with Gasteiger partial charge in [0, 0.05) is 24.9 Å². The molecule has 1 aromatic heterocycles. The maximum absolute atomic E-state index is 13.7. The predicted octanol–water partition coefficient (Wildman–Crippen LogP) is 5.85.